The fourth-order valence-electron chi connectivity index (χ4n) is 2.40. The lowest BCUT2D eigenvalue weighted by Crippen LogP contribution is -2.22. The summed E-state index contributed by atoms with van der Waals surface area (Å²) in [6.07, 6.45) is 0. The van der Waals surface area contributed by atoms with E-state index in [1.165, 1.54) is 0 Å². The van der Waals surface area contributed by atoms with Crippen LogP contribution in [0.25, 0.3) is 0 Å². The van der Waals surface area contributed by atoms with Crippen molar-refractivity contribution in [2.45, 2.75) is 13.2 Å². The number of carbonyl (C=O) groups excluding carboxylic acids is 1. The Labute approximate surface area is 160 Å². The maximum Gasteiger partial charge on any atom is 0.287 e. The Kier molecular flexibility index (Phi) is 5.96. The molecule has 0 aliphatic rings. The topological polar surface area (TPSA) is 60.7 Å². The third kappa shape index (κ3) is 4.67. The highest BCUT2D eigenvalue weighted by Gasteiger charge is 2.12. The molecule has 0 bridgehead atoms. The van der Waals surface area contributed by atoms with Gasteiger partial charge in [-0.3, -0.25) is 4.79 Å². The van der Waals surface area contributed by atoms with Gasteiger partial charge in [0.25, 0.3) is 5.91 Å². The van der Waals surface area contributed by atoms with Crippen molar-refractivity contribution in [3.8, 4) is 11.5 Å². The first-order valence-electron chi connectivity index (χ1n) is 8.03. The van der Waals surface area contributed by atoms with Gasteiger partial charge < -0.3 is 19.2 Å². The van der Waals surface area contributed by atoms with Crippen molar-refractivity contribution in [3.05, 3.63) is 82.2 Å². The van der Waals surface area contributed by atoms with E-state index in [1.807, 2.05) is 48.5 Å². The van der Waals surface area contributed by atoms with Gasteiger partial charge in [0.15, 0.2) is 5.76 Å². The number of hydrogen-bond donors (Lipinski definition) is 1. The molecule has 1 heterocycles. The highest BCUT2D eigenvalue weighted by atomic mass is 79.9. The molecule has 3 rings (SSSR count). The number of halogens is 1. The summed E-state index contributed by atoms with van der Waals surface area (Å²) in [4.78, 5) is 12.3. The summed E-state index contributed by atoms with van der Waals surface area (Å²) in [5.74, 6) is 1.98. The van der Waals surface area contributed by atoms with E-state index in [-0.39, 0.29) is 18.3 Å². The molecule has 3 aromatic rings. The summed E-state index contributed by atoms with van der Waals surface area (Å²) < 4.78 is 17.4. The van der Waals surface area contributed by atoms with Gasteiger partial charge in [-0.15, -0.1) is 0 Å². The maximum absolute atomic E-state index is 12.3. The van der Waals surface area contributed by atoms with Crippen molar-refractivity contribution >= 4 is 21.8 Å². The van der Waals surface area contributed by atoms with E-state index in [1.54, 1.807) is 19.2 Å². The van der Waals surface area contributed by atoms with E-state index in [2.05, 4.69) is 21.2 Å². The Bertz CT molecular complexity index is 891. The van der Waals surface area contributed by atoms with Crippen molar-refractivity contribution < 1.29 is 18.7 Å². The quantitative estimate of drug-likeness (QED) is 0.614. The zero-order chi connectivity index (χ0) is 18.4. The Hall–Kier alpha value is -2.73. The number of furan rings is 1. The minimum absolute atomic E-state index is 0.243. The van der Waals surface area contributed by atoms with Crippen molar-refractivity contribution in [2.24, 2.45) is 0 Å². The van der Waals surface area contributed by atoms with Crippen LogP contribution in [0.5, 0.6) is 11.5 Å². The lowest BCUT2D eigenvalue weighted by Gasteiger charge is -2.08. The summed E-state index contributed by atoms with van der Waals surface area (Å²) in [6.45, 7) is 0.601. The molecule has 5 nitrogen and oxygen atoms in total. The van der Waals surface area contributed by atoms with Crippen LogP contribution in [0, 0.1) is 0 Å². The molecule has 0 unspecified atom stereocenters. The van der Waals surface area contributed by atoms with Gasteiger partial charge in [0.1, 0.15) is 23.9 Å². The van der Waals surface area contributed by atoms with Crippen LogP contribution in [0.3, 0.4) is 0 Å². The van der Waals surface area contributed by atoms with Gasteiger partial charge in [-0.05, 0) is 36.4 Å². The number of benzene rings is 2. The SMILES string of the molecule is COc1ccccc1CNC(=O)c1ccc(COc2cccc(Br)c2)o1. The van der Waals surface area contributed by atoms with E-state index < -0.39 is 0 Å². The average Bonchev–Trinajstić information content (AvgIpc) is 3.14. The molecule has 0 saturated carbocycles. The number of carbonyl (C=O) groups is 1. The second kappa shape index (κ2) is 8.58. The van der Waals surface area contributed by atoms with E-state index in [9.17, 15) is 4.79 Å². The molecule has 0 saturated heterocycles. The summed E-state index contributed by atoms with van der Waals surface area (Å²) in [5.41, 5.74) is 0.896. The number of nitrogens with one attached hydrogen (secondary N) is 1. The first-order valence-corrected chi connectivity index (χ1v) is 8.82. The Morgan fingerprint density at radius 3 is 2.77 bits per heavy atom. The highest BCUT2D eigenvalue weighted by Crippen LogP contribution is 2.20. The van der Waals surface area contributed by atoms with Gasteiger partial charge >= 0.3 is 0 Å². The van der Waals surface area contributed by atoms with Gasteiger partial charge in [-0.1, -0.05) is 40.2 Å². The van der Waals surface area contributed by atoms with Crippen molar-refractivity contribution in [2.75, 3.05) is 7.11 Å². The first-order chi connectivity index (χ1) is 12.7. The van der Waals surface area contributed by atoms with Gasteiger partial charge in [0.05, 0.1) is 7.11 Å². The molecule has 0 atom stereocenters. The van der Waals surface area contributed by atoms with E-state index in [4.69, 9.17) is 13.9 Å². The third-order valence-corrected chi connectivity index (χ3v) is 4.19. The molecule has 0 aliphatic heterocycles. The minimum atomic E-state index is -0.287. The van der Waals surface area contributed by atoms with E-state index >= 15 is 0 Å². The molecule has 26 heavy (non-hydrogen) atoms. The Morgan fingerprint density at radius 1 is 1.12 bits per heavy atom. The van der Waals surface area contributed by atoms with Crippen LogP contribution in [0.1, 0.15) is 21.9 Å². The molecule has 1 amide bonds. The van der Waals surface area contributed by atoms with E-state index in [0.29, 0.717) is 12.3 Å². The largest absolute Gasteiger partial charge is 0.496 e. The van der Waals surface area contributed by atoms with Gasteiger partial charge in [-0.2, -0.15) is 0 Å². The third-order valence-electron chi connectivity index (χ3n) is 3.69. The van der Waals surface area contributed by atoms with Gasteiger partial charge in [-0.25, -0.2) is 0 Å². The summed E-state index contributed by atoms with van der Waals surface area (Å²) >= 11 is 3.39. The van der Waals surface area contributed by atoms with Crippen LogP contribution in [-0.4, -0.2) is 13.0 Å². The Balaban J connectivity index is 1.56. The average molecular weight is 416 g/mol. The molecule has 2 aromatic carbocycles. The predicted octanol–water partition coefficient (Wildman–Crippen LogP) is 4.56. The predicted molar refractivity (Wildman–Crippen MR) is 101 cm³/mol. The fourth-order valence-corrected chi connectivity index (χ4v) is 2.78. The number of hydrogen-bond acceptors (Lipinski definition) is 4. The molecule has 0 aliphatic carbocycles. The first kappa shape index (κ1) is 18.1. The van der Waals surface area contributed by atoms with Crippen molar-refractivity contribution in [3.63, 3.8) is 0 Å². The van der Waals surface area contributed by atoms with Crippen molar-refractivity contribution in [1.82, 2.24) is 5.32 Å². The second-order valence-corrected chi connectivity index (χ2v) is 6.42. The number of para-hydroxylation sites is 1. The molecule has 0 radical (unpaired) electrons. The summed E-state index contributed by atoms with van der Waals surface area (Å²) in [7, 11) is 1.60. The zero-order valence-electron chi connectivity index (χ0n) is 14.2. The second-order valence-electron chi connectivity index (χ2n) is 5.51. The Morgan fingerprint density at radius 2 is 1.96 bits per heavy atom. The number of rotatable bonds is 7. The summed E-state index contributed by atoms with van der Waals surface area (Å²) in [5, 5.41) is 2.82. The maximum atomic E-state index is 12.3. The molecule has 1 N–H and O–H groups in total. The standard InChI is InChI=1S/C20H18BrNO4/c1-24-18-8-3-2-5-14(18)12-22-20(23)19-10-9-17(26-19)13-25-16-7-4-6-15(21)11-16/h2-11H,12-13H2,1H3,(H,22,23). The monoisotopic (exact) mass is 415 g/mol. The van der Waals surface area contributed by atoms with Crippen molar-refractivity contribution in [1.29, 1.82) is 0 Å². The van der Waals surface area contributed by atoms with Crippen LogP contribution in [0.4, 0.5) is 0 Å². The zero-order valence-corrected chi connectivity index (χ0v) is 15.8. The number of amides is 1. The highest BCUT2D eigenvalue weighted by molar-refractivity contribution is 9.10. The lowest BCUT2D eigenvalue weighted by molar-refractivity contribution is 0.0919. The molecule has 1 aromatic heterocycles. The van der Waals surface area contributed by atoms with Crippen LogP contribution >= 0.6 is 15.9 Å². The fraction of sp³-hybridized carbons (Fsp3) is 0.150. The smallest absolute Gasteiger partial charge is 0.287 e. The number of methoxy groups -OCH3 is 1. The minimum Gasteiger partial charge on any atom is -0.496 e. The molecule has 0 spiro atoms. The normalized spacial score (nSPS) is 10.4. The molecule has 6 heteroatoms. The summed E-state index contributed by atoms with van der Waals surface area (Å²) in [6, 6.07) is 18.4. The van der Waals surface area contributed by atoms with Gasteiger partial charge in [0.2, 0.25) is 0 Å². The van der Waals surface area contributed by atoms with Crippen LogP contribution in [0.15, 0.2) is 69.6 Å². The van der Waals surface area contributed by atoms with Crippen LogP contribution < -0.4 is 14.8 Å². The molecule has 134 valence electrons. The van der Waals surface area contributed by atoms with Crippen LogP contribution in [-0.2, 0) is 13.2 Å². The van der Waals surface area contributed by atoms with E-state index in [0.717, 1.165) is 21.5 Å². The number of ether oxygens (including phenoxy) is 2. The van der Waals surface area contributed by atoms with Crippen LogP contribution in [0.2, 0.25) is 0 Å². The van der Waals surface area contributed by atoms with Gasteiger partial charge in [0, 0.05) is 16.6 Å². The molecule has 0 fully saturated rings. The lowest BCUT2D eigenvalue weighted by atomic mass is 10.2. The molecular formula is C20H18BrNO4. The molecular weight excluding hydrogens is 398 g/mol.